The van der Waals surface area contributed by atoms with E-state index in [9.17, 15) is 9.59 Å². The van der Waals surface area contributed by atoms with Crippen LogP contribution in [-0.4, -0.2) is 52.6 Å². The van der Waals surface area contributed by atoms with Crippen molar-refractivity contribution >= 4 is 12.0 Å². The van der Waals surface area contributed by atoms with E-state index in [0.29, 0.717) is 19.5 Å². The molecule has 15 heavy (non-hydrogen) atoms. The first-order chi connectivity index (χ1) is 7.18. The SMILES string of the molecule is O=C(O)N1CCC(=O)N2CCCC2CC1. The van der Waals surface area contributed by atoms with E-state index in [0.717, 1.165) is 25.8 Å². The van der Waals surface area contributed by atoms with E-state index >= 15 is 0 Å². The van der Waals surface area contributed by atoms with Gasteiger partial charge >= 0.3 is 6.09 Å². The lowest BCUT2D eigenvalue weighted by Crippen LogP contribution is -2.44. The van der Waals surface area contributed by atoms with Crippen LogP contribution >= 0.6 is 0 Å². The maximum Gasteiger partial charge on any atom is 0.407 e. The molecule has 2 heterocycles. The zero-order chi connectivity index (χ0) is 10.8. The van der Waals surface area contributed by atoms with E-state index in [1.165, 1.54) is 4.90 Å². The van der Waals surface area contributed by atoms with Crippen LogP contribution in [-0.2, 0) is 4.79 Å². The van der Waals surface area contributed by atoms with Gasteiger partial charge in [-0.05, 0) is 19.3 Å². The summed E-state index contributed by atoms with van der Waals surface area (Å²) in [5, 5.41) is 8.88. The van der Waals surface area contributed by atoms with Crippen molar-refractivity contribution in [3.63, 3.8) is 0 Å². The van der Waals surface area contributed by atoms with Gasteiger partial charge in [-0.25, -0.2) is 4.79 Å². The highest BCUT2D eigenvalue weighted by Crippen LogP contribution is 2.23. The Labute approximate surface area is 88.6 Å². The molecule has 0 radical (unpaired) electrons. The number of amides is 2. The number of fused-ring (bicyclic) bond motifs is 1. The zero-order valence-electron chi connectivity index (χ0n) is 8.69. The summed E-state index contributed by atoms with van der Waals surface area (Å²) in [6.45, 7) is 1.76. The first-order valence-corrected chi connectivity index (χ1v) is 5.46. The van der Waals surface area contributed by atoms with Gasteiger partial charge in [0.25, 0.3) is 0 Å². The molecular weight excluding hydrogens is 196 g/mol. The van der Waals surface area contributed by atoms with Crippen molar-refractivity contribution in [1.29, 1.82) is 0 Å². The molecule has 2 amide bonds. The molecule has 1 unspecified atom stereocenters. The van der Waals surface area contributed by atoms with Gasteiger partial charge in [0.2, 0.25) is 5.91 Å². The topological polar surface area (TPSA) is 60.9 Å². The Hall–Kier alpha value is -1.26. The summed E-state index contributed by atoms with van der Waals surface area (Å²) in [6.07, 6.45) is 2.30. The molecule has 2 aliphatic rings. The summed E-state index contributed by atoms with van der Waals surface area (Å²) in [6, 6.07) is 0.277. The second-order valence-corrected chi connectivity index (χ2v) is 4.19. The van der Waals surface area contributed by atoms with Gasteiger partial charge in [-0.2, -0.15) is 0 Å². The van der Waals surface area contributed by atoms with Crippen LogP contribution in [0.1, 0.15) is 25.7 Å². The number of hydrogen-bond donors (Lipinski definition) is 1. The molecule has 0 aromatic rings. The molecule has 5 heteroatoms. The minimum absolute atomic E-state index is 0.114. The van der Waals surface area contributed by atoms with Crippen molar-refractivity contribution in [1.82, 2.24) is 9.80 Å². The van der Waals surface area contributed by atoms with Crippen LogP contribution in [0.4, 0.5) is 4.79 Å². The molecule has 0 bridgehead atoms. The lowest BCUT2D eigenvalue weighted by atomic mass is 10.1. The van der Waals surface area contributed by atoms with Crippen LogP contribution < -0.4 is 0 Å². The minimum Gasteiger partial charge on any atom is -0.465 e. The number of carbonyl (C=O) groups excluding carboxylic acids is 1. The molecule has 0 aromatic carbocycles. The van der Waals surface area contributed by atoms with Gasteiger partial charge in [0.15, 0.2) is 0 Å². The maximum absolute atomic E-state index is 11.7. The quantitative estimate of drug-likeness (QED) is 0.644. The Balaban J connectivity index is 2.03. The van der Waals surface area contributed by atoms with Crippen molar-refractivity contribution in [2.75, 3.05) is 19.6 Å². The smallest absolute Gasteiger partial charge is 0.407 e. The van der Waals surface area contributed by atoms with Gasteiger partial charge in [-0.15, -0.1) is 0 Å². The molecule has 0 aliphatic carbocycles. The fraction of sp³-hybridized carbons (Fsp3) is 0.800. The number of hydrogen-bond acceptors (Lipinski definition) is 2. The van der Waals surface area contributed by atoms with E-state index in [2.05, 4.69) is 0 Å². The molecule has 5 nitrogen and oxygen atoms in total. The molecule has 1 atom stereocenters. The van der Waals surface area contributed by atoms with Gasteiger partial charge in [-0.1, -0.05) is 0 Å². The summed E-state index contributed by atoms with van der Waals surface area (Å²) in [5.74, 6) is 0.114. The van der Waals surface area contributed by atoms with Gasteiger partial charge in [0, 0.05) is 32.1 Å². The predicted octanol–water partition coefficient (Wildman–Crippen LogP) is 0.751. The predicted molar refractivity (Wildman–Crippen MR) is 53.6 cm³/mol. The third-order valence-electron chi connectivity index (χ3n) is 3.30. The Kier molecular flexibility index (Phi) is 2.79. The highest BCUT2D eigenvalue weighted by molar-refractivity contribution is 5.78. The standard InChI is InChI=1S/C10H16N2O3/c13-9-4-7-11(10(14)15)6-3-8-2-1-5-12(8)9/h8H,1-7H2,(H,14,15). The molecule has 0 aromatic heterocycles. The van der Waals surface area contributed by atoms with Gasteiger partial charge in [0.05, 0.1) is 0 Å². The fourth-order valence-electron chi connectivity index (χ4n) is 2.45. The second-order valence-electron chi connectivity index (χ2n) is 4.19. The van der Waals surface area contributed by atoms with Crippen molar-refractivity contribution in [3.8, 4) is 0 Å². The number of carbonyl (C=O) groups is 2. The molecule has 0 saturated carbocycles. The van der Waals surface area contributed by atoms with Crippen LogP contribution in [0.3, 0.4) is 0 Å². The third-order valence-corrected chi connectivity index (χ3v) is 3.30. The average molecular weight is 212 g/mol. The molecule has 84 valence electrons. The second kappa shape index (κ2) is 4.08. The van der Waals surface area contributed by atoms with Crippen molar-refractivity contribution in [2.45, 2.75) is 31.7 Å². The van der Waals surface area contributed by atoms with Crippen molar-refractivity contribution < 1.29 is 14.7 Å². The Morgan fingerprint density at radius 3 is 2.80 bits per heavy atom. The molecular formula is C10H16N2O3. The van der Waals surface area contributed by atoms with E-state index in [1.807, 2.05) is 4.90 Å². The highest BCUT2D eigenvalue weighted by atomic mass is 16.4. The Morgan fingerprint density at radius 2 is 2.07 bits per heavy atom. The molecule has 2 rings (SSSR count). The molecule has 2 saturated heterocycles. The molecule has 2 aliphatic heterocycles. The highest BCUT2D eigenvalue weighted by Gasteiger charge is 2.31. The van der Waals surface area contributed by atoms with Crippen LogP contribution in [0, 0.1) is 0 Å². The summed E-state index contributed by atoms with van der Waals surface area (Å²) in [4.78, 5) is 25.8. The Bertz CT molecular complexity index is 280. The van der Waals surface area contributed by atoms with Gasteiger partial charge < -0.3 is 14.9 Å². The fourth-order valence-corrected chi connectivity index (χ4v) is 2.45. The van der Waals surface area contributed by atoms with Crippen molar-refractivity contribution in [3.05, 3.63) is 0 Å². The number of nitrogens with zero attached hydrogens (tertiary/aromatic N) is 2. The van der Waals surface area contributed by atoms with E-state index < -0.39 is 6.09 Å². The average Bonchev–Trinajstić information content (AvgIpc) is 2.61. The number of rotatable bonds is 0. The monoisotopic (exact) mass is 212 g/mol. The molecule has 1 N–H and O–H groups in total. The first-order valence-electron chi connectivity index (χ1n) is 5.46. The third kappa shape index (κ3) is 2.06. The van der Waals surface area contributed by atoms with Gasteiger partial charge in [-0.3, -0.25) is 4.79 Å². The summed E-state index contributed by atoms with van der Waals surface area (Å²) < 4.78 is 0. The summed E-state index contributed by atoms with van der Waals surface area (Å²) >= 11 is 0. The number of carboxylic acid groups (broad SMARTS) is 1. The van der Waals surface area contributed by atoms with Crippen LogP contribution in [0.5, 0.6) is 0 Å². The summed E-state index contributed by atoms with van der Waals surface area (Å²) in [5.41, 5.74) is 0. The van der Waals surface area contributed by atoms with E-state index in [4.69, 9.17) is 5.11 Å². The molecule has 0 spiro atoms. The molecule has 2 fully saturated rings. The first kappa shape index (κ1) is 10.3. The van der Waals surface area contributed by atoms with Crippen LogP contribution in [0.2, 0.25) is 0 Å². The summed E-state index contributed by atoms with van der Waals surface area (Å²) in [7, 11) is 0. The van der Waals surface area contributed by atoms with Gasteiger partial charge in [0.1, 0.15) is 0 Å². The Morgan fingerprint density at radius 1 is 1.27 bits per heavy atom. The van der Waals surface area contributed by atoms with E-state index in [1.54, 1.807) is 0 Å². The van der Waals surface area contributed by atoms with Crippen LogP contribution in [0.15, 0.2) is 0 Å². The lowest BCUT2D eigenvalue weighted by molar-refractivity contribution is -0.133. The lowest BCUT2D eigenvalue weighted by Gasteiger charge is -2.31. The van der Waals surface area contributed by atoms with Crippen molar-refractivity contribution in [2.24, 2.45) is 0 Å². The van der Waals surface area contributed by atoms with Crippen LogP contribution in [0.25, 0.3) is 0 Å². The normalized spacial score (nSPS) is 27.2. The minimum atomic E-state index is -0.908. The zero-order valence-corrected chi connectivity index (χ0v) is 8.69. The van der Waals surface area contributed by atoms with E-state index in [-0.39, 0.29) is 11.9 Å². The largest absolute Gasteiger partial charge is 0.465 e. The maximum atomic E-state index is 11.7.